The van der Waals surface area contributed by atoms with E-state index in [0.717, 1.165) is 44.0 Å². The fourth-order valence-electron chi connectivity index (χ4n) is 2.83. The van der Waals surface area contributed by atoms with Crippen LogP contribution in [0.1, 0.15) is 16.8 Å². The van der Waals surface area contributed by atoms with Crippen LogP contribution in [0.2, 0.25) is 0 Å². The third-order valence-corrected chi connectivity index (χ3v) is 4.34. The highest BCUT2D eigenvalue weighted by Gasteiger charge is 2.21. The second-order valence-corrected chi connectivity index (χ2v) is 6.23. The first-order chi connectivity index (χ1) is 11.7. The van der Waals surface area contributed by atoms with Crippen molar-refractivity contribution in [2.45, 2.75) is 20.0 Å². The maximum absolute atomic E-state index is 12.3. The normalized spacial score (nSPS) is 15.3. The Hall–Kier alpha value is -2.40. The first kappa shape index (κ1) is 16.5. The van der Waals surface area contributed by atoms with Gasteiger partial charge < -0.3 is 10.2 Å². The van der Waals surface area contributed by atoms with Gasteiger partial charge in [0.05, 0.1) is 5.69 Å². The van der Waals surface area contributed by atoms with Gasteiger partial charge in [-0.15, -0.1) is 0 Å². The lowest BCUT2D eigenvalue weighted by molar-refractivity contribution is 0.134. The van der Waals surface area contributed by atoms with Crippen LogP contribution in [0.4, 0.5) is 4.79 Å². The van der Waals surface area contributed by atoms with Gasteiger partial charge in [-0.25, -0.2) is 4.79 Å². The Morgan fingerprint density at radius 3 is 2.50 bits per heavy atom. The van der Waals surface area contributed by atoms with Crippen molar-refractivity contribution >= 4 is 6.03 Å². The molecule has 5 heteroatoms. The molecule has 1 aliphatic rings. The van der Waals surface area contributed by atoms with Crippen molar-refractivity contribution in [1.29, 1.82) is 0 Å². The van der Waals surface area contributed by atoms with Crippen molar-refractivity contribution < 1.29 is 4.79 Å². The quantitative estimate of drug-likeness (QED) is 0.939. The molecule has 24 heavy (non-hydrogen) atoms. The molecular weight excluding hydrogens is 300 g/mol. The Balaban J connectivity index is 1.42. The molecule has 0 radical (unpaired) electrons. The number of rotatable bonds is 4. The van der Waals surface area contributed by atoms with E-state index in [-0.39, 0.29) is 6.03 Å². The van der Waals surface area contributed by atoms with Crippen LogP contribution in [0, 0.1) is 6.92 Å². The molecule has 1 aromatic heterocycles. The molecule has 0 saturated carbocycles. The summed E-state index contributed by atoms with van der Waals surface area (Å²) in [5.74, 6) is 0. The molecule has 0 bridgehead atoms. The van der Waals surface area contributed by atoms with E-state index in [1.54, 1.807) is 0 Å². The van der Waals surface area contributed by atoms with Crippen LogP contribution >= 0.6 is 0 Å². The maximum Gasteiger partial charge on any atom is 0.317 e. The molecule has 1 aliphatic heterocycles. The number of aromatic nitrogens is 1. The van der Waals surface area contributed by atoms with Crippen LogP contribution < -0.4 is 5.32 Å². The van der Waals surface area contributed by atoms with E-state index in [1.807, 2.05) is 29.3 Å². The number of piperazine rings is 1. The maximum atomic E-state index is 12.3. The molecule has 1 fully saturated rings. The molecular formula is C19H24N4O. The number of carbonyl (C=O) groups is 1. The minimum absolute atomic E-state index is 0.0214. The van der Waals surface area contributed by atoms with Crippen molar-refractivity contribution in [2.24, 2.45) is 0 Å². The Bertz CT molecular complexity index is 649. The number of benzene rings is 1. The van der Waals surface area contributed by atoms with Crippen LogP contribution in [-0.2, 0) is 13.1 Å². The molecule has 3 rings (SSSR count). The predicted octanol–water partition coefficient (Wildman–Crippen LogP) is 2.42. The predicted molar refractivity (Wildman–Crippen MR) is 94.5 cm³/mol. The molecule has 2 aromatic rings. The topological polar surface area (TPSA) is 48.5 Å². The number of aryl methyl sites for hydroxylation is 1. The van der Waals surface area contributed by atoms with E-state index in [4.69, 9.17) is 0 Å². The summed E-state index contributed by atoms with van der Waals surface area (Å²) in [7, 11) is 0. The summed E-state index contributed by atoms with van der Waals surface area (Å²) >= 11 is 0. The van der Waals surface area contributed by atoms with Crippen molar-refractivity contribution in [3.05, 3.63) is 65.5 Å². The van der Waals surface area contributed by atoms with Gasteiger partial charge in [-0.05, 0) is 24.6 Å². The first-order valence-electron chi connectivity index (χ1n) is 8.41. The highest BCUT2D eigenvalue weighted by Crippen LogP contribution is 2.07. The van der Waals surface area contributed by atoms with Gasteiger partial charge in [0.15, 0.2) is 0 Å². The van der Waals surface area contributed by atoms with E-state index < -0.39 is 0 Å². The van der Waals surface area contributed by atoms with Gasteiger partial charge in [0, 0.05) is 45.5 Å². The zero-order valence-electron chi connectivity index (χ0n) is 14.1. The molecule has 1 N–H and O–H groups in total. The SMILES string of the molecule is Cc1ccc(CNC(=O)N2CCN(Cc3ccccn3)CC2)cc1. The third kappa shape index (κ3) is 4.55. The molecule has 5 nitrogen and oxygen atoms in total. The van der Waals surface area contributed by atoms with Crippen LogP contribution in [0.5, 0.6) is 0 Å². The van der Waals surface area contributed by atoms with E-state index in [2.05, 4.69) is 46.4 Å². The second kappa shape index (κ2) is 7.93. The van der Waals surface area contributed by atoms with Crippen molar-refractivity contribution in [3.8, 4) is 0 Å². The van der Waals surface area contributed by atoms with Crippen molar-refractivity contribution in [2.75, 3.05) is 26.2 Å². The molecule has 0 aliphatic carbocycles. The average molecular weight is 324 g/mol. The first-order valence-corrected chi connectivity index (χ1v) is 8.41. The van der Waals surface area contributed by atoms with Crippen molar-refractivity contribution in [1.82, 2.24) is 20.1 Å². The largest absolute Gasteiger partial charge is 0.334 e. The standard InChI is InChI=1S/C19H24N4O/c1-16-5-7-17(8-6-16)14-21-19(24)23-12-10-22(11-13-23)15-18-4-2-3-9-20-18/h2-9H,10-15H2,1H3,(H,21,24). The van der Waals surface area contributed by atoms with Gasteiger partial charge in [-0.2, -0.15) is 0 Å². The zero-order chi connectivity index (χ0) is 16.8. The van der Waals surface area contributed by atoms with Crippen LogP contribution in [-0.4, -0.2) is 47.0 Å². The monoisotopic (exact) mass is 324 g/mol. The van der Waals surface area contributed by atoms with Crippen LogP contribution in [0.15, 0.2) is 48.7 Å². The number of urea groups is 1. The Morgan fingerprint density at radius 2 is 1.83 bits per heavy atom. The van der Waals surface area contributed by atoms with E-state index in [9.17, 15) is 4.79 Å². The van der Waals surface area contributed by atoms with Gasteiger partial charge in [-0.3, -0.25) is 9.88 Å². The molecule has 126 valence electrons. The van der Waals surface area contributed by atoms with Gasteiger partial charge in [0.2, 0.25) is 0 Å². The summed E-state index contributed by atoms with van der Waals surface area (Å²) < 4.78 is 0. The number of carbonyl (C=O) groups excluding carboxylic acids is 1. The van der Waals surface area contributed by atoms with E-state index >= 15 is 0 Å². The van der Waals surface area contributed by atoms with Crippen LogP contribution in [0.25, 0.3) is 0 Å². The summed E-state index contributed by atoms with van der Waals surface area (Å²) in [5, 5.41) is 3.01. The summed E-state index contributed by atoms with van der Waals surface area (Å²) in [5.41, 5.74) is 3.44. The Labute approximate surface area is 143 Å². The second-order valence-electron chi connectivity index (χ2n) is 6.23. The summed E-state index contributed by atoms with van der Waals surface area (Å²) in [4.78, 5) is 20.9. The van der Waals surface area contributed by atoms with E-state index in [1.165, 1.54) is 5.56 Å². The number of amides is 2. The molecule has 0 unspecified atom stereocenters. The fourth-order valence-corrected chi connectivity index (χ4v) is 2.83. The highest BCUT2D eigenvalue weighted by atomic mass is 16.2. The van der Waals surface area contributed by atoms with Crippen LogP contribution in [0.3, 0.4) is 0 Å². The Kier molecular flexibility index (Phi) is 5.43. The summed E-state index contributed by atoms with van der Waals surface area (Å²) in [6.07, 6.45) is 1.82. The Morgan fingerprint density at radius 1 is 1.08 bits per heavy atom. The molecule has 1 saturated heterocycles. The number of nitrogens with zero attached hydrogens (tertiary/aromatic N) is 3. The molecule has 0 atom stereocenters. The fraction of sp³-hybridized carbons (Fsp3) is 0.368. The zero-order valence-corrected chi connectivity index (χ0v) is 14.1. The number of hydrogen-bond donors (Lipinski definition) is 1. The number of nitrogens with one attached hydrogen (secondary N) is 1. The lowest BCUT2D eigenvalue weighted by Crippen LogP contribution is -2.51. The lowest BCUT2D eigenvalue weighted by atomic mass is 10.1. The highest BCUT2D eigenvalue weighted by molar-refractivity contribution is 5.74. The average Bonchev–Trinajstić information content (AvgIpc) is 2.62. The molecule has 2 heterocycles. The van der Waals surface area contributed by atoms with E-state index in [0.29, 0.717) is 6.54 Å². The lowest BCUT2D eigenvalue weighted by Gasteiger charge is -2.34. The third-order valence-electron chi connectivity index (χ3n) is 4.34. The summed E-state index contributed by atoms with van der Waals surface area (Å²) in [6.45, 7) is 6.77. The van der Waals surface area contributed by atoms with Gasteiger partial charge >= 0.3 is 6.03 Å². The minimum Gasteiger partial charge on any atom is -0.334 e. The van der Waals surface area contributed by atoms with Gasteiger partial charge in [-0.1, -0.05) is 35.9 Å². The number of pyridine rings is 1. The molecule has 1 aromatic carbocycles. The minimum atomic E-state index is 0.0214. The molecule has 0 spiro atoms. The molecule has 2 amide bonds. The van der Waals surface area contributed by atoms with Gasteiger partial charge in [0.1, 0.15) is 0 Å². The summed E-state index contributed by atoms with van der Waals surface area (Å²) in [6, 6.07) is 14.3. The number of hydrogen-bond acceptors (Lipinski definition) is 3. The van der Waals surface area contributed by atoms with Gasteiger partial charge in [0.25, 0.3) is 0 Å². The van der Waals surface area contributed by atoms with Crippen molar-refractivity contribution in [3.63, 3.8) is 0 Å². The smallest absolute Gasteiger partial charge is 0.317 e.